The van der Waals surface area contributed by atoms with E-state index in [0.717, 1.165) is 4.43 Å². The Bertz CT molecular complexity index is 331. The number of rotatable bonds is 2. The molecular weight excluding hydrogens is 295 g/mol. The second-order valence-electron chi connectivity index (χ2n) is 5.81. The fourth-order valence-electron chi connectivity index (χ4n) is 1.80. The van der Waals surface area contributed by atoms with E-state index in [2.05, 4.69) is 81.5 Å². The zero-order chi connectivity index (χ0) is 11.7. The van der Waals surface area contributed by atoms with Crippen LogP contribution in [0.25, 0.3) is 0 Å². The summed E-state index contributed by atoms with van der Waals surface area (Å²) in [6.45, 7) is 11.5. The van der Waals surface area contributed by atoms with Gasteiger partial charge in [-0.15, -0.1) is 0 Å². The maximum atomic E-state index is 2.48. The molecule has 0 aromatic heterocycles. The van der Waals surface area contributed by atoms with E-state index in [1.54, 1.807) is 0 Å². The summed E-state index contributed by atoms with van der Waals surface area (Å²) in [6.07, 6.45) is 0. The maximum Gasteiger partial charge on any atom is 0.00873 e. The Morgan fingerprint density at radius 2 is 1.40 bits per heavy atom. The third kappa shape index (κ3) is 2.96. The normalized spacial score (nSPS) is 12.9. The smallest absolute Gasteiger partial charge is 0.00873 e. The van der Waals surface area contributed by atoms with Crippen LogP contribution < -0.4 is 0 Å². The number of hydrogen-bond acceptors (Lipinski definition) is 0. The van der Waals surface area contributed by atoms with Crippen molar-refractivity contribution in [1.29, 1.82) is 0 Å². The first-order valence-corrected chi connectivity index (χ1v) is 6.97. The molecule has 0 heterocycles. The average molecular weight is 316 g/mol. The van der Waals surface area contributed by atoms with Crippen LogP contribution in [0.5, 0.6) is 0 Å². The van der Waals surface area contributed by atoms with Gasteiger partial charge in [-0.25, -0.2) is 0 Å². The van der Waals surface area contributed by atoms with Gasteiger partial charge in [0.15, 0.2) is 0 Å². The molecule has 0 atom stereocenters. The summed E-state index contributed by atoms with van der Waals surface area (Å²) in [4.78, 5) is 0. The average Bonchev–Trinajstić information content (AvgIpc) is 2.16. The van der Waals surface area contributed by atoms with E-state index >= 15 is 0 Å². The van der Waals surface area contributed by atoms with Crippen LogP contribution in [0.15, 0.2) is 24.3 Å². The van der Waals surface area contributed by atoms with E-state index < -0.39 is 0 Å². The van der Waals surface area contributed by atoms with Crippen LogP contribution >= 0.6 is 22.6 Å². The molecule has 0 bridgehead atoms. The predicted molar refractivity (Wildman–Crippen MR) is 77.1 cm³/mol. The fraction of sp³-hybridized carbons (Fsp3) is 0.571. The topological polar surface area (TPSA) is 0 Å². The molecule has 0 spiro atoms. The molecule has 0 aliphatic carbocycles. The van der Waals surface area contributed by atoms with Crippen molar-refractivity contribution in [2.45, 2.75) is 45.4 Å². The van der Waals surface area contributed by atoms with Crippen molar-refractivity contribution < 1.29 is 0 Å². The van der Waals surface area contributed by atoms with Gasteiger partial charge in [-0.05, 0) is 22.0 Å². The van der Waals surface area contributed by atoms with Gasteiger partial charge in [-0.1, -0.05) is 81.5 Å². The second kappa shape index (κ2) is 4.44. The molecular formula is C14H21I. The molecule has 0 radical (unpaired) electrons. The number of alkyl halides is 1. The monoisotopic (exact) mass is 316 g/mol. The molecule has 0 aliphatic heterocycles. The van der Waals surface area contributed by atoms with E-state index in [1.165, 1.54) is 11.1 Å². The predicted octanol–water partition coefficient (Wildman–Crippen LogP) is 4.70. The Labute approximate surface area is 108 Å². The lowest BCUT2D eigenvalue weighted by Crippen LogP contribution is -2.25. The lowest BCUT2D eigenvalue weighted by molar-refractivity contribution is 0.539. The lowest BCUT2D eigenvalue weighted by Gasteiger charge is -2.31. The van der Waals surface area contributed by atoms with Gasteiger partial charge in [-0.3, -0.25) is 0 Å². The third-order valence-electron chi connectivity index (χ3n) is 2.80. The molecule has 0 N–H and O–H groups in total. The van der Waals surface area contributed by atoms with E-state index in [-0.39, 0.29) is 10.8 Å². The Morgan fingerprint density at radius 3 is 1.80 bits per heavy atom. The van der Waals surface area contributed by atoms with Gasteiger partial charge < -0.3 is 0 Å². The number of hydrogen-bond donors (Lipinski definition) is 0. The van der Waals surface area contributed by atoms with Gasteiger partial charge in [0.2, 0.25) is 0 Å². The van der Waals surface area contributed by atoms with Gasteiger partial charge in [0.05, 0.1) is 0 Å². The van der Waals surface area contributed by atoms with E-state index in [4.69, 9.17) is 0 Å². The van der Waals surface area contributed by atoms with Crippen LogP contribution in [-0.4, -0.2) is 4.43 Å². The zero-order valence-corrected chi connectivity index (χ0v) is 12.6. The van der Waals surface area contributed by atoms with E-state index in [9.17, 15) is 0 Å². The quantitative estimate of drug-likeness (QED) is 0.548. The summed E-state index contributed by atoms with van der Waals surface area (Å²) < 4.78 is 1.15. The molecule has 0 nitrogen and oxygen atoms in total. The Hall–Kier alpha value is -0.0500. The van der Waals surface area contributed by atoms with Crippen molar-refractivity contribution in [2.24, 2.45) is 0 Å². The molecule has 0 unspecified atom stereocenters. The summed E-state index contributed by atoms with van der Waals surface area (Å²) in [6, 6.07) is 8.84. The van der Waals surface area contributed by atoms with Crippen LogP contribution in [0.2, 0.25) is 0 Å². The van der Waals surface area contributed by atoms with E-state index in [0.29, 0.717) is 0 Å². The first-order valence-electron chi connectivity index (χ1n) is 5.45. The van der Waals surface area contributed by atoms with Crippen LogP contribution in [0, 0.1) is 0 Å². The van der Waals surface area contributed by atoms with Crippen molar-refractivity contribution in [1.82, 2.24) is 0 Å². The molecule has 84 valence electrons. The van der Waals surface area contributed by atoms with E-state index in [1.807, 2.05) is 0 Å². The van der Waals surface area contributed by atoms with Crippen molar-refractivity contribution >= 4 is 22.6 Å². The molecule has 0 fully saturated rings. The minimum Gasteiger partial charge on any atom is -0.0854 e. The van der Waals surface area contributed by atoms with Gasteiger partial charge >= 0.3 is 0 Å². The highest BCUT2D eigenvalue weighted by Gasteiger charge is 2.26. The highest BCUT2D eigenvalue weighted by atomic mass is 127. The number of halogens is 1. The molecule has 1 aromatic rings. The van der Waals surface area contributed by atoms with Crippen molar-refractivity contribution in [3.05, 3.63) is 35.4 Å². The van der Waals surface area contributed by atoms with Gasteiger partial charge in [-0.2, -0.15) is 0 Å². The molecule has 1 rings (SSSR count). The second-order valence-corrected chi connectivity index (χ2v) is 6.58. The molecule has 0 amide bonds. The molecule has 1 heteroatoms. The van der Waals surface area contributed by atoms with Crippen molar-refractivity contribution in [3.8, 4) is 0 Å². The Balaban J connectivity index is 3.31. The minimum atomic E-state index is 0.236. The first-order chi connectivity index (χ1) is 6.79. The highest BCUT2D eigenvalue weighted by Crippen LogP contribution is 2.34. The lowest BCUT2D eigenvalue weighted by atomic mass is 9.75. The summed E-state index contributed by atoms with van der Waals surface area (Å²) in [7, 11) is 0. The molecule has 1 aromatic carbocycles. The van der Waals surface area contributed by atoms with Crippen LogP contribution in [0.3, 0.4) is 0 Å². The highest BCUT2D eigenvalue weighted by molar-refractivity contribution is 14.1. The van der Waals surface area contributed by atoms with Crippen molar-refractivity contribution in [3.63, 3.8) is 0 Å². The van der Waals surface area contributed by atoms with Crippen LogP contribution in [-0.2, 0) is 10.8 Å². The van der Waals surface area contributed by atoms with Crippen molar-refractivity contribution in [2.75, 3.05) is 4.43 Å². The zero-order valence-electron chi connectivity index (χ0n) is 10.4. The van der Waals surface area contributed by atoms with Gasteiger partial charge in [0.1, 0.15) is 0 Å². The summed E-state index contributed by atoms with van der Waals surface area (Å²) in [5, 5.41) is 0. The summed E-state index contributed by atoms with van der Waals surface area (Å²) in [5.74, 6) is 0. The minimum absolute atomic E-state index is 0.236. The molecule has 15 heavy (non-hydrogen) atoms. The molecule has 0 saturated carbocycles. The van der Waals surface area contributed by atoms with Crippen LogP contribution in [0.1, 0.15) is 45.7 Å². The first kappa shape index (κ1) is 13.0. The van der Waals surface area contributed by atoms with Gasteiger partial charge in [0.25, 0.3) is 0 Å². The Kier molecular flexibility index (Phi) is 3.85. The number of benzene rings is 1. The third-order valence-corrected chi connectivity index (χ3v) is 4.71. The van der Waals surface area contributed by atoms with Crippen LogP contribution in [0.4, 0.5) is 0 Å². The molecule has 0 aliphatic rings. The van der Waals surface area contributed by atoms with Gasteiger partial charge in [0, 0.05) is 4.43 Å². The summed E-state index contributed by atoms with van der Waals surface area (Å²) in [5.41, 5.74) is 3.47. The Morgan fingerprint density at radius 1 is 0.933 bits per heavy atom. The standard InChI is InChI=1S/C14H21I/c1-13(2,3)11-8-6-7-9-12(11)14(4,5)10-15/h6-9H,10H2,1-5H3. The molecule has 0 saturated heterocycles. The fourth-order valence-corrected chi connectivity index (χ4v) is 2.21. The maximum absolute atomic E-state index is 2.48. The SMILES string of the molecule is CC(C)(C)c1ccccc1C(C)(C)CI. The largest absolute Gasteiger partial charge is 0.0854 e. The summed E-state index contributed by atoms with van der Waals surface area (Å²) >= 11 is 2.48.